The molecule has 104 valence electrons. The highest BCUT2D eigenvalue weighted by atomic mass is 16.6. The van der Waals surface area contributed by atoms with Crippen LogP contribution < -0.4 is 5.32 Å². The van der Waals surface area contributed by atoms with E-state index in [0.29, 0.717) is 18.1 Å². The number of hydrogen-bond donors (Lipinski definition) is 1. The van der Waals surface area contributed by atoms with Crippen LogP contribution in [0.15, 0.2) is 30.7 Å². The minimum atomic E-state index is -0.458. The maximum atomic E-state index is 11.0. The van der Waals surface area contributed by atoms with Crippen molar-refractivity contribution >= 4 is 11.6 Å². The van der Waals surface area contributed by atoms with Gasteiger partial charge < -0.3 is 5.32 Å². The molecule has 2 aromatic rings. The van der Waals surface area contributed by atoms with E-state index in [1.165, 1.54) is 6.20 Å². The number of nitro groups is 1. The second kappa shape index (κ2) is 6.55. The second-order valence-electron chi connectivity index (χ2n) is 4.24. The Morgan fingerprint density at radius 2 is 2.10 bits per heavy atom. The number of anilines is 1. The fourth-order valence-corrected chi connectivity index (χ4v) is 1.71. The van der Waals surface area contributed by atoms with Gasteiger partial charge in [0.15, 0.2) is 0 Å². The second-order valence-corrected chi connectivity index (χ2v) is 4.24. The first-order valence-corrected chi connectivity index (χ1v) is 6.33. The van der Waals surface area contributed by atoms with Crippen molar-refractivity contribution in [3.8, 4) is 0 Å². The lowest BCUT2D eigenvalue weighted by Crippen LogP contribution is -2.08. The molecular formula is C13H15N5O2. The molecule has 0 fully saturated rings. The molecule has 0 spiro atoms. The van der Waals surface area contributed by atoms with Crippen molar-refractivity contribution in [2.75, 3.05) is 11.9 Å². The van der Waals surface area contributed by atoms with Crippen LogP contribution in [0.2, 0.25) is 0 Å². The van der Waals surface area contributed by atoms with E-state index in [9.17, 15) is 10.1 Å². The summed E-state index contributed by atoms with van der Waals surface area (Å²) in [6.07, 6.45) is 5.86. The molecule has 0 unspecified atom stereocenters. The maximum absolute atomic E-state index is 11.0. The van der Waals surface area contributed by atoms with Crippen LogP contribution in [0.1, 0.15) is 24.6 Å². The van der Waals surface area contributed by atoms with E-state index in [1.54, 1.807) is 12.4 Å². The Kier molecular flexibility index (Phi) is 4.54. The molecule has 2 aromatic heterocycles. The molecule has 1 N–H and O–H groups in total. The highest BCUT2D eigenvalue weighted by molar-refractivity contribution is 5.40. The molecule has 2 rings (SSSR count). The van der Waals surface area contributed by atoms with E-state index >= 15 is 0 Å². The molecule has 0 bridgehead atoms. The van der Waals surface area contributed by atoms with Crippen LogP contribution in [-0.2, 0) is 6.42 Å². The van der Waals surface area contributed by atoms with Crippen LogP contribution in [-0.4, -0.2) is 26.4 Å². The monoisotopic (exact) mass is 273 g/mol. The average Bonchev–Trinajstić information content (AvgIpc) is 2.46. The molecule has 0 amide bonds. The van der Waals surface area contributed by atoms with Crippen molar-refractivity contribution in [2.45, 2.75) is 19.8 Å². The lowest BCUT2D eigenvalue weighted by Gasteiger charge is -2.06. The molecule has 0 aliphatic heterocycles. The van der Waals surface area contributed by atoms with Gasteiger partial charge in [-0.2, -0.15) is 0 Å². The highest BCUT2D eigenvalue weighted by Crippen LogP contribution is 2.19. The summed E-state index contributed by atoms with van der Waals surface area (Å²) in [6, 6.07) is 3.62. The molecule has 7 heteroatoms. The molecule has 0 aliphatic rings. The van der Waals surface area contributed by atoms with Gasteiger partial charge in [0, 0.05) is 25.4 Å². The Morgan fingerprint density at radius 3 is 2.75 bits per heavy atom. The van der Waals surface area contributed by atoms with E-state index in [1.807, 2.05) is 19.1 Å². The van der Waals surface area contributed by atoms with Gasteiger partial charge in [0.1, 0.15) is 11.9 Å². The van der Waals surface area contributed by atoms with E-state index in [2.05, 4.69) is 20.3 Å². The van der Waals surface area contributed by atoms with Gasteiger partial charge in [-0.15, -0.1) is 0 Å². The minimum Gasteiger partial charge on any atom is -0.354 e. The molecule has 20 heavy (non-hydrogen) atoms. The summed E-state index contributed by atoms with van der Waals surface area (Å²) in [5, 5.41) is 14.1. The smallest absolute Gasteiger partial charge is 0.309 e. The number of hydrogen-bond acceptors (Lipinski definition) is 6. The van der Waals surface area contributed by atoms with Crippen LogP contribution >= 0.6 is 0 Å². The molecular weight excluding hydrogens is 258 g/mol. The van der Waals surface area contributed by atoms with Crippen molar-refractivity contribution in [1.29, 1.82) is 0 Å². The van der Waals surface area contributed by atoms with E-state index in [0.717, 1.165) is 18.5 Å². The summed E-state index contributed by atoms with van der Waals surface area (Å²) in [5.74, 6) is 0.418. The summed E-state index contributed by atoms with van der Waals surface area (Å²) < 4.78 is 0. The topological polar surface area (TPSA) is 93.8 Å². The lowest BCUT2D eigenvalue weighted by molar-refractivity contribution is -0.386. The molecule has 0 saturated carbocycles. The molecule has 0 radical (unpaired) electrons. The van der Waals surface area contributed by atoms with Crippen molar-refractivity contribution in [2.24, 2.45) is 0 Å². The van der Waals surface area contributed by atoms with Gasteiger partial charge in [-0.1, -0.05) is 6.92 Å². The van der Waals surface area contributed by atoms with Gasteiger partial charge in [-0.05, 0) is 24.1 Å². The SMILES string of the molecule is CCCNc1ncc([N+](=O)[O-])c(Cc2ccncc2)n1. The normalized spacial score (nSPS) is 10.2. The lowest BCUT2D eigenvalue weighted by atomic mass is 10.1. The zero-order chi connectivity index (χ0) is 14.4. The van der Waals surface area contributed by atoms with E-state index in [4.69, 9.17) is 0 Å². The molecule has 0 aliphatic carbocycles. The third-order valence-corrected chi connectivity index (χ3v) is 2.70. The summed E-state index contributed by atoms with van der Waals surface area (Å²) in [7, 11) is 0. The number of nitrogens with one attached hydrogen (secondary N) is 1. The fraction of sp³-hybridized carbons (Fsp3) is 0.308. The minimum absolute atomic E-state index is 0.0659. The zero-order valence-corrected chi connectivity index (χ0v) is 11.1. The standard InChI is InChI=1S/C13H15N5O2/c1-2-5-15-13-16-9-12(18(19)20)11(17-13)8-10-3-6-14-7-4-10/h3-4,6-7,9H,2,5,8H2,1H3,(H,15,16,17). The Balaban J connectivity index is 2.29. The van der Waals surface area contributed by atoms with Gasteiger partial charge in [0.25, 0.3) is 0 Å². The van der Waals surface area contributed by atoms with Crippen LogP contribution in [0.3, 0.4) is 0 Å². The van der Waals surface area contributed by atoms with Crippen molar-refractivity contribution in [3.05, 3.63) is 52.1 Å². The first kappa shape index (κ1) is 13.9. The first-order valence-electron chi connectivity index (χ1n) is 6.33. The Morgan fingerprint density at radius 1 is 1.35 bits per heavy atom. The summed E-state index contributed by atoms with van der Waals surface area (Å²) >= 11 is 0. The van der Waals surface area contributed by atoms with Crippen molar-refractivity contribution < 1.29 is 4.92 Å². The third kappa shape index (κ3) is 3.47. The average molecular weight is 273 g/mol. The van der Waals surface area contributed by atoms with Gasteiger partial charge in [0.05, 0.1) is 4.92 Å². The number of pyridine rings is 1. The Labute approximate surface area is 116 Å². The summed E-state index contributed by atoms with van der Waals surface area (Å²) in [5.41, 5.74) is 1.25. The van der Waals surface area contributed by atoms with Gasteiger partial charge in [0.2, 0.25) is 5.95 Å². The van der Waals surface area contributed by atoms with Crippen LogP contribution in [0, 0.1) is 10.1 Å². The predicted molar refractivity (Wildman–Crippen MR) is 74.5 cm³/mol. The first-order chi connectivity index (χ1) is 9.70. The molecule has 7 nitrogen and oxygen atoms in total. The van der Waals surface area contributed by atoms with Crippen LogP contribution in [0.4, 0.5) is 11.6 Å². The number of aromatic nitrogens is 3. The Hall–Kier alpha value is -2.57. The number of rotatable bonds is 6. The van der Waals surface area contributed by atoms with Gasteiger partial charge in [-0.25, -0.2) is 9.97 Å². The number of nitrogens with zero attached hydrogens (tertiary/aromatic N) is 4. The van der Waals surface area contributed by atoms with Crippen LogP contribution in [0.5, 0.6) is 0 Å². The van der Waals surface area contributed by atoms with E-state index < -0.39 is 4.92 Å². The van der Waals surface area contributed by atoms with Crippen molar-refractivity contribution in [3.63, 3.8) is 0 Å². The summed E-state index contributed by atoms with van der Waals surface area (Å²) in [6.45, 7) is 2.75. The maximum Gasteiger partial charge on any atom is 0.309 e. The zero-order valence-electron chi connectivity index (χ0n) is 11.1. The fourth-order valence-electron chi connectivity index (χ4n) is 1.71. The molecule has 0 saturated heterocycles. The largest absolute Gasteiger partial charge is 0.354 e. The van der Waals surface area contributed by atoms with E-state index in [-0.39, 0.29) is 5.69 Å². The van der Waals surface area contributed by atoms with Crippen molar-refractivity contribution in [1.82, 2.24) is 15.0 Å². The molecule has 0 aromatic carbocycles. The summed E-state index contributed by atoms with van der Waals surface area (Å²) in [4.78, 5) is 22.7. The quantitative estimate of drug-likeness (QED) is 0.640. The highest BCUT2D eigenvalue weighted by Gasteiger charge is 2.17. The molecule has 2 heterocycles. The molecule has 0 atom stereocenters. The third-order valence-electron chi connectivity index (χ3n) is 2.70. The predicted octanol–water partition coefficient (Wildman–Crippen LogP) is 2.19. The van der Waals surface area contributed by atoms with Gasteiger partial charge in [-0.3, -0.25) is 15.1 Å². The van der Waals surface area contributed by atoms with Gasteiger partial charge >= 0.3 is 5.69 Å². The Bertz CT molecular complexity index is 589. The van der Waals surface area contributed by atoms with Crippen LogP contribution in [0.25, 0.3) is 0 Å².